The van der Waals surface area contributed by atoms with Crippen LogP contribution in [0.15, 0.2) is 11.6 Å². The fourth-order valence-electron chi connectivity index (χ4n) is 5.36. The summed E-state index contributed by atoms with van der Waals surface area (Å²) in [5.74, 6) is 0.0607. The van der Waals surface area contributed by atoms with Crippen molar-refractivity contribution in [3.8, 4) is 0 Å². The summed E-state index contributed by atoms with van der Waals surface area (Å²) >= 11 is 0. The Hall–Kier alpha value is -0.710. The molecule has 3 aliphatic rings. The number of aliphatic hydroxyl groups is 3. The van der Waals surface area contributed by atoms with Crippen molar-refractivity contribution in [3.63, 3.8) is 0 Å². The zero-order chi connectivity index (χ0) is 15.5. The second kappa shape index (κ2) is 4.64. The van der Waals surface area contributed by atoms with Crippen LogP contribution in [0.4, 0.5) is 0 Å². The minimum atomic E-state index is -1.11. The van der Waals surface area contributed by atoms with E-state index >= 15 is 0 Å². The summed E-state index contributed by atoms with van der Waals surface area (Å²) in [4.78, 5) is 11.7. The molecule has 0 bridgehead atoms. The summed E-state index contributed by atoms with van der Waals surface area (Å²) in [6.07, 6.45) is 4.71. The van der Waals surface area contributed by atoms with Gasteiger partial charge in [-0.25, -0.2) is 0 Å². The maximum absolute atomic E-state index is 11.7. The quantitative estimate of drug-likeness (QED) is 0.686. The number of rotatable bonds is 1. The third-order valence-corrected chi connectivity index (χ3v) is 6.71. The molecule has 0 unspecified atom stereocenters. The molecule has 0 heterocycles. The van der Waals surface area contributed by atoms with E-state index in [1.54, 1.807) is 0 Å². The normalized spacial score (nSPS) is 50.1. The molecule has 0 aromatic heterocycles. The maximum atomic E-state index is 11.7. The number of carbonyl (C=O) groups excluding carboxylic acids is 1. The van der Waals surface area contributed by atoms with Crippen LogP contribution >= 0.6 is 0 Å². The first-order chi connectivity index (χ1) is 9.77. The predicted molar refractivity (Wildman–Crippen MR) is 78.5 cm³/mol. The molecule has 0 radical (unpaired) electrons. The Morgan fingerprint density at radius 3 is 2.67 bits per heavy atom. The lowest BCUT2D eigenvalue weighted by Gasteiger charge is -2.63. The summed E-state index contributed by atoms with van der Waals surface area (Å²) < 4.78 is 0. The van der Waals surface area contributed by atoms with Crippen molar-refractivity contribution in [2.45, 2.75) is 64.1 Å². The Bertz CT molecular complexity index is 499. The first-order valence-electron chi connectivity index (χ1n) is 8.03. The largest absolute Gasteiger partial charge is 0.396 e. The van der Waals surface area contributed by atoms with E-state index in [-0.39, 0.29) is 29.1 Å². The molecule has 4 heteroatoms. The van der Waals surface area contributed by atoms with Crippen LogP contribution in [0.2, 0.25) is 0 Å². The van der Waals surface area contributed by atoms with Gasteiger partial charge in [-0.1, -0.05) is 20.3 Å². The second-order valence-electron chi connectivity index (χ2n) is 7.81. The molecule has 4 nitrogen and oxygen atoms in total. The summed E-state index contributed by atoms with van der Waals surface area (Å²) in [6.45, 7) is 4.22. The zero-order valence-electron chi connectivity index (χ0n) is 12.9. The molecular formula is C17H26O4. The lowest BCUT2D eigenvalue weighted by molar-refractivity contribution is -0.189. The molecule has 0 aromatic rings. The standard InChI is InChI=1S/C17H26O4/c1-15(10-18)5-3-6-16(2)14(15)9-13(20)12-8-11(19)4-7-17(12,16)21/h8,13-14,18,20-21H,3-7,9-10H2,1-2H3/t13-,14+,15+,16+,17-/m1/s1. The van der Waals surface area contributed by atoms with E-state index in [1.807, 2.05) is 0 Å². The highest BCUT2D eigenvalue weighted by molar-refractivity contribution is 5.92. The van der Waals surface area contributed by atoms with Crippen LogP contribution in [-0.2, 0) is 4.79 Å². The number of aliphatic hydroxyl groups excluding tert-OH is 2. The summed E-state index contributed by atoms with van der Waals surface area (Å²) in [6, 6.07) is 0. The molecule has 118 valence electrons. The van der Waals surface area contributed by atoms with Crippen molar-refractivity contribution in [1.29, 1.82) is 0 Å². The van der Waals surface area contributed by atoms with Crippen LogP contribution in [0.5, 0.6) is 0 Å². The number of fused-ring (bicyclic) bond motifs is 3. The van der Waals surface area contributed by atoms with Gasteiger partial charge in [0.1, 0.15) is 0 Å². The van der Waals surface area contributed by atoms with E-state index < -0.39 is 11.7 Å². The molecule has 2 saturated carbocycles. The third kappa shape index (κ3) is 1.89. The van der Waals surface area contributed by atoms with Gasteiger partial charge in [0.15, 0.2) is 5.78 Å². The second-order valence-corrected chi connectivity index (χ2v) is 7.81. The van der Waals surface area contributed by atoms with Crippen molar-refractivity contribution >= 4 is 5.78 Å². The fourth-order valence-corrected chi connectivity index (χ4v) is 5.36. The van der Waals surface area contributed by atoms with E-state index in [2.05, 4.69) is 13.8 Å². The van der Waals surface area contributed by atoms with Crippen molar-refractivity contribution in [2.75, 3.05) is 6.61 Å². The highest BCUT2D eigenvalue weighted by Gasteiger charge is 2.64. The molecule has 3 aliphatic carbocycles. The van der Waals surface area contributed by atoms with Gasteiger partial charge in [0.05, 0.1) is 11.7 Å². The Labute approximate surface area is 125 Å². The van der Waals surface area contributed by atoms with Crippen LogP contribution in [0.3, 0.4) is 0 Å². The predicted octanol–water partition coefficient (Wildman–Crippen LogP) is 1.58. The van der Waals surface area contributed by atoms with Gasteiger partial charge < -0.3 is 15.3 Å². The lowest BCUT2D eigenvalue weighted by Crippen LogP contribution is -2.64. The van der Waals surface area contributed by atoms with Crippen LogP contribution < -0.4 is 0 Å². The third-order valence-electron chi connectivity index (χ3n) is 6.71. The van der Waals surface area contributed by atoms with Crippen molar-refractivity contribution in [2.24, 2.45) is 16.7 Å². The van der Waals surface area contributed by atoms with Gasteiger partial charge in [-0.2, -0.15) is 0 Å². The van der Waals surface area contributed by atoms with Gasteiger partial charge in [-0.05, 0) is 48.7 Å². The van der Waals surface area contributed by atoms with E-state index in [0.29, 0.717) is 24.8 Å². The number of hydrogen-bond donors (Lipinski definition) is 3. The SMILES string of the molecule is C[C@@]1(CO)CCC[C@@]2(C)[C@H]1C[C@@H](O)C1=CC(=O)CC[C@@]12O. The van der Waals surface area contributed by atoms with Gasteiger partial charge in [0.25, 0.3) is 0 Å². The maximum Gasteiger partial charge on any atom is 0.155 e. The van der Waals surface area contributed by atoms with Crippen molar-refractivity contribution in [3.05, 3.63) is 11.6 Å². The van der Waals surface area contributed by atoms with Gasteiger partial charge in [-0.15, -0.1) is 0 Å². The van der Waals surface area contributed by atoms with Crippen LogP contribution in [0.1, 0.15) is 52.4 Å². The molecule has 0 saturated heterocycles. The Kier molecular flexibility index (Phi) is 3.36. The summed E-state index contributed by atoms with van der Waals surface area (Å²) in [7, 11) is 0. The number of hydrogen-bond acceptors (Lipinski definition) is 4. The molecule has 0 aromatic carbocycles. The minimum Gasteiger partial charge on any atom is -0.396 e. The summed E-state index contributed by atoms with van der Waals surface area (Å²) in [5, 5.41) is 31.8. The fraction of sp³-hybridized carbons (Fsp3) is 0.824. The highest BCUT2D eigenvalue weighted by atomic mass is 16.3. The van der Waals surface area contributed by atoms with E-state index in [9.17, 15) is 20.1 Å². The van der Waals surface area contributed by atoms with Gasteiger partial charge in [0, 0.05) is 18.4 Å². The Morgan fingerprint density at radius 2 is 2.00 bits per heavy atom. The monoisotopic (exact) mass is 294 g/mol. The first-order valence-corrected chi connectivity index (χ1v) is 8.03. The molecule has 3 N–H and O–H groups in total. The molecule has 21 heavy (non-hydrogen) atoms. The summed E-state index contributed by atoms with van der Waals surface area (Å²) in [5.41, 5.74) is -1.25. The molecule has 3 rings (SSSR count). The lowest BCUT2D eigenvalue weighted by atomic mass is 9.44. The number of ketones is 1. The Balaban J connectivity index is 2.11. The average Bonchev–Trinajstić information content (AvgIpc) is 2.44. The zero-order valence-corrected chi connectivity index (χ0v) is 12.9. The van der Waals surface area contributed by atoms with Gasteiger partial charge in [-0.3, -0.25) is 4.79 Å². The molecule has 0 aliphatic heterocycles. The topological polar surface area (TPSA) is 77.8 Å². The number of carbonyl (C=O) groups is 1. The van der Waals surface area contributed by atoms with Crippen LogP contribution in [-0.4, -0.2) is 39.4 Å². The van der Waals surface area contributed by atoms with Crippen molar-refractivity contribution in [1.82, 2.24) is 0 Å². The highest BCUT2D eigenvalue weighted by Crippen LogP contribution is 2.64. The molecule has 0 amide bonds. The van der Waals surface area contributed by atoms with Crippen LogP contribution in [0.25, 0.3) is 0 Å². The number of allylic oxidation sites excluding steroid dienone is 1. The first kappa shape index (κ1) is 15.2. The Morgan fingerprint density at radius 1 is 1.29 bits per heavy atom. The smallest absolute Gasteiger partial charge is 0.155 e. The molecular weight excluding hydrogens is 268 g/mol. The van der Waals surface area contributed by atoms with Gasteiger partial charge >= 0.3 is 0 Å². The van der Waals surface area contributed by atoms with E-state index in [0.717, 1.165) is 19.3 Å². The minimum absolute atomic E-state index is 0.00324. The van der Waals surface area contributed by atoms with E-state index in [1.165, 1.54) is 6.08 Å². The molecule has 0 spiro atoms. The van der Waals surface area contributed by atoms with Crippen molar-refractivity contribution < 1.29 is 20.1 Å². The average molecular weight is 294 g/mol. The van der Waals surface area contributed by atoms with Crippen LogP contribution in [0, 0.1) is 16.7 Å². The molecule has 5 atom stereocenters. The van der Waals surface area contributed by atoms with Gasteiger partial charge in [0.2, 0.25) is 0 Å². The van der Waals surface area contributed by atoms with E-state index in [4.69, 9.17) is 0 Å². The molecule has 2 fully saturated rings.